The van der Waals surface area contributed by atoms with Crippen LogP contribution in [0.1, 0.15) is 64.3 Å². The fourth-order valence-corrected chi connectivity index (χ4v) is 6.16. The van der Waals surface area contributed by atoms with Gasteiger partial charge in [0, 0.05) is 50.9 Å². The van der Waals surface area contributed by atoms with Gasteiger partial charge in [0.2, 0.25) is 0 Å². The molecule has 0 saturated carbocycles. The van der Waals surface area contributed by atoms with E-state index >= 15 is 0 Å². The van der Waals surface area contributed by atoms with Gasteiger partial charge in [-0.2, -0.15) is 5.10 Å². The molecule has 6 heteroatoms. The fourth-order valence-electron chi connectivity index (χ4n) is 6.16. The average molecular weight is 470 g/mol. The van der Waals surface area contributed by atoms with E-state index < -0.39 is 0 Å². The average Bonchev–Trinajstić information content (AvgIpc) is 3.58. The Hall–Kier alpha value is -3.12. The molecule has 1 N–H and O–H groups in total. The molecule has 0 unspecified atom stereocenters. The predicted molar refractivity (Wildman–Crippen MR) is 139 cm³/mol. The number of fused-ring (bicyclic) bond motifs is 1. The zero-order valence-electron chi connectivity index (χ0n) is 20.5. The highest BCUT2D eigenvalue weighted by Gasteiger charge is 2.31. The molecule has 4 heterocycles. The summed E-state index contributed by atoms with van der Waals surface area (Å²) >= 11 is 0. The SMILES string of the molecule is O=C(c1cn[nH]c1[C@H]1CCN(Cc2ccccc2N2CCCCC2)C1)N1CCc2ccccc2C1. The lowest BCUT2D eigenvalue weighted by Gasteiger charge is -2.31. The summed E-state index contributed by atoms with van der Waals surface area (Å²) in [6.45, 7) is 6.75. The molecule has 1 atom stereocenters. The first-order valence-electron chi connectivity index (χ1n) is 13.2. The molecular weight excluding hydrogens is 434 g/mol. The third-order valence-corrected chi connectivity index (χ3v) is 8.08. The van der Waals surface area contributed by atoms with Crippen LogP contribution in [0.2, 0.25) is 0 Å². The van der Waals surface area contributed by atoms with Crippen molar-refractivity contribution in [3.8, 4) is 0 Å². The number of hydrogen-bond donors (Lipinski definition) is 1. The molecule has 2 saturated heterocycles. The summed E-state index contributed by atoms with van der Waals surface area (Å²) in [5.74, 6) is 0.424. The van der Waals surface area contributed by atoms with Crippen molar-refractivity contribution in [1.82, 2.24) is 20.0 Å². The molecule has 3 aromatic rings. The summed E-state index contributed by atoms with van der Waals surface area (Å²) < 4.78 is 0. The Morgan fingerprint density at radius 1 is 0.943 bits per heavy atom. The zero-order chi connectivity index (χ0) is 23.6. The van der Waals surface area contributed by atoms with E-state index in [9.17, 15) is 4.79 Å². The summed E-state index contributed by atoms with van der Waals surface area (Å²) in [6, 6.07) is 17.4. The summed E-state index contributed by atoms with van der Waals surface area (Å²) in [6.07, 6.45) is 7.65. The van der Waals surface area contributed by atoms with Gasteiger partial charge < -0.3 is 9.80 Å². The third-order valence-electron chi connectivity index (χ3n) is 8.08. The van der Waals surface area contributed by atoms with Gasteiger partial charge in [-0.1, -0.05) is 42.5 Å². The normalized spacial score (nSPS) is 20.7. The number of benzene rings is 2. The van der Waals surface area contributed by atoms with E-state index in [0.29, 0.717) is 12.5 Å². The van der Waals surface area contributed by atoms with E-state index in [1.165, 1.54) is 54.7 Å². The number of piperidine rings is 1. The molecule has 182 valence electrons. The van der Waals surface area contributed by atoms with Crippen molar-refractivity contribution >= 4 is 11.6 Å². The summed E-state index contributed by atoms with van der Waals surface area (Å²) in [7, 11) is 0. The topological polar surface area (TPSA) is 55.5 Å². The number of anilines is 1. The number of carbonyl (C=O) groups is 1. The van der Waals surface area contributed by atoms with Crippen LogP contribution in [0.15, 0.2) is 54.7 Å². The molecule has 6 rings (SSSR count). The lowest BCUT2D eigenvalue weighted by molar-refractivity contribution is 0.0733. The molecule has 1 aromatic heterocycles. The standard InChI is InChI=1S/C29H35N5O/c35-29(34-17-13-22-8-2-3-9-23(22)21-34)26-18-30-31-28(26)25-12-16-32(20-25)19-24-10-4-5-11-27(24)33-14-6-1-7-15-33/h2-5,8-11,18,25H,1,6-7,12-17,19-21H2,(H,30,31)/t25-/m0/s1. The fraction of sp³-hybridized carbons (Fsp3) is 0.448. The van der Waals surface area contributed by atoms with Gasteiger partial charge in [0.05, 0.1) is 17.5 Å². The van der Waals surface area contributed by atoms with Crippen LogP contribution >= 0.6 is 0 Å². The van der Waals surface area contributed by atoms with Gasteiger partial charge in [0.1, 0.15) is 0 Å². The van der Waals surface area contributed by atoms with Crippen LogP contribution in [0.4, 0.5) is 5.69 Å². The molecule has 6 nitrogen and oxygen atoms in total. The van der Waals surface area contributed by atoms with E-state index in [1.807, 2.05) is 4.90 Å². The van der Waals surface area contributed by atoms with Gasteiger partial charge >= 0.3 is 0 Å². The van der Waals surface area contributed by atoms with E-state index in [0.717, 1.165) is 50.3 Å². The molecule has 2 aromatic carbocycles. The molecule has 3 aliphatic rings. The second-order valence-electron chi connectivity index (χ2n) is 10.3. The monoisotopic (exact) mass is 469 g/mol. The van der Waals surface area contributed by atoms with Crippen LogP contribution in [-0.2, 0) is 19.5 Å². The molecule has 0 aliphatic carbocycles. The largest absolute Gasteiger partial charge is 0.371 e. The molecule has 0 radical (unpaired) electrons. The van der Waals surface area contributed by atoms with Crippen LogP contribution in [0, 0.1) is 0 Å². The van der Waals surface area contributed by atoms with E-state index in [1.54, 1.807) is 6.20 Å². The van der Waals surface area contributed by atoms with E-state index in [4.69, 9.17) is 0 Å². The first kappa shape index (κ1) is 22.4. The van der Waals surface area contributed by atoms with Crippen molar-refractivity contribution in [2.45, 2.75) is 51.1 Å². The highest BCUT2D eigenvalue weighted by Crippen LogP contribution is 2.32. The minimum absolute atomic E-state index is 0.108. The number of amides is 1. The minimum atomic E-state index is 0.108. The van der Waals surface area contributed by atoms with Crippen LogP contribution in [0.25, 0.3) is 0 Å². The first-order valence-corrected chi connectivity index (χ1v) is 13.2. The number of hydrogen-bond acceptors (Lipinski definition) is 4. The van der Waals surface area contributed by atoms with Crippen molar-refractivity contribution in [3.63, 3.8) is 0 Å². The van der Waals surface area contributed by atoms with E-state index in [-0.39, 0.29) is 5.91 Å². The number of likely N-dealkylation sites (tertiary alicyclic amines) is 1. The number of nitrogens with one attached hydrogen (secondary N) is 1. The Labute approximate surface area is 207 Å². The second-order valence-corrected chi connectivity index (χ2v) is 10.3. The maximum Gasteiger partial charge on any atom is 0.257 e. The van der Waals surface area contributed by atoms with Crippen LogP contribution in [0.5, 0.6) is 0 Å². The first-order chi connectivity index (χ1) is 17.3. The smallest absolute Gasteiger partial charge is 0.257 e. The zero-order valence-corrected chi connectivity index (χ0v) is 20.5. The Morgan fingerprint density at radius 3 is 2.63 bits per heavy atom. The predicted octanol–water partition coefficient (Wildman–Crippen LogP) is 4.59. The number of aromatic nitrogens is 2. The van der Waals surface area contributed by atoms with Gasteiger partial charge in [0.25, 0.3) is 5.91 Å². The van der Waals surface area contributed by atoms with Crippen molar-refractivity contribution in [2.75, 3.05) is 37.6 Å². The van der Waals surface area contributed by atoms with Gasteiger partial charge in [0.15, 0.2) is 0 Å². The highest BCUT2D eigenvalue weighted by atomic mass is 16.2. The van der Waals surface area contributed by atoms with Crippen molar-refractivity contribution < 1.29 is 4.79 Å². The molecule has 1 amide bonds. The Morgan fingerprint density at radius 2 is 1.74 bits per heavy atom. The number of para-hydroxylation sites is 1. The summed E-state index contributed by atoms with van der Waals surface area (Å²) in [5.41, 5.74) is 7.21. The third kappa shape index (κ3) is 4.59. The van der Waals surface area contributed by atoms with Crippen LogP contribution in [0.3, 0.4) is 0 Å². The highest BCUT2D eigenvalue weighted by molar-refractivity contribution is 5.95. The maximum atomic E-state index is 13.5. The number of aromatic amines is 1. The van der Waals surface area contributed by atoms with Crippen LogP contribution < -0.4 is 4.90 Å². The molecule has 0 bridgehead atoms. The van der Waals surface area contributed by atoms with Crippen molar-refractivity contribution in [2.24, 2.45) is 0 Å². The molecule has 0 spiro atoms. The lowest BCUT2D eigenvalue weighted by Crippen LogP contribution is -2.36. The number of H-pyrrole nitrogens is 1. The molecular formula is C29H35N5O. The van der Waals surface area contributed by atoms with Gasteiger partial charge in [-0.3, -0.25) is 14.8 Å². The molecule has 3 aliphatic heterocycles. The number of nitrogens with zero attached hydrogens (tertiary/aromatic N) is 4. The quantitative estimate of drug-likeness (QED) is 0.594. The van der Waals surface area contributed by atoms with E-state index in [2.05, 4.69) is 68.5 Å². The van der Waals surface area contributed by atoms with Gasteiger partial charge in [-0.05, 0) is 61.4 Å². The van der Waals surface area contributed by atoms with Crippen molar-refractivity contribution in [1.29, 1.82) is 0 Å². The Kier molecular flexibility index (Phi) is 6.30. The number of carbonyl (C=O) groups excluding carboxylic acids is 1. The molecule has 35 heavy (non-hydrogen) atoms. The Balaban J connectivity index is 1.13. The minimum Gasteiger partial charge on any atom is -0.371 e. The van der Waals surface area contributed by atoms with Crippen molar-refractivity contribution in [3.05, 3.63) is 82.7 Å². The lowest BCUT2D eigenvalue weighted by atomic mass is 9.97. The second kappa shape index (κ2) is 9.86. The summed E-state index contributed by atoms with van der Waals surface area (Å²) in [4.78, 5) is 20.6. The Bertz CT molecular complexity index is 1180. The maximum absolute atomic E-state index is 13.5. The van der Waals surface area contributed by atoms with Gasteiger partial charge in [-0.25, -0.2) is 0 Å². The van der Waals surface area contributed by atoms with Crippen LogP contribution in [-0.4, -0.2) is 58.6 Å². The molecule has 2 fully saturated rings. The number of rotatable bonds is 5. The van der Waals surface area contributed by atoms with Gasteiger partial charge in [-0.15, -0.1) is 0 Å². The summed E-state index contributed by atoms with van der Waals surface area (Å²) in [5, 5.41) is 7.52.